The Morgan fingerprint density at radius 3 is 1.44 bits per heavy atom. The molecule has 0 heterocycles. The summed E-state index contributed by atoms with van der Waals surface area (Å²) >= 11 is 8.55. The molecule has 0 bridgehead atoms. The van der Waals surface area contributed by atoms with Gasteiger partial charge in [0, 0.05) is 37.6 Å². The maximum atomic E-state index is 11.9. The van der Waals surface area contributed by atoms with E-state index in [-0.39, 0.29) is 26.4 Å². The van der Waals surface area contributed by atoms with Crippen LogP contribution in [0.3, 0.4) is 0 Å². The van der Waals surface area contributed by atoms with Crippen LogP contribution in [-0.4, -0.2) is 52.1 Å². The van der Waals surface area contributed by atoms with Gasteiger partial charge in [-0.25, -0.2) is 9.59 Å². The fourth-order valence-corrected chi connectivity index (χ4v) is 4.42. The molecule has 0 aliphatic carbocycles. The molecule has 0 amide bonds. The van der Waals surface area contributed by atoms with E-state index in [1.807, 2.05) is 24.3 Å². The quantitative estimate of drug-likeness (QED) is 0.256. The lowest BCUT2D eigenvalue weighted by atomic mass is 10.1. The van der Waals surface area contributed by atoms with Crippen molar-refractivity contribution in [2.45, 2.75) is 24.3 Å². The maximum Gasteiger partial charge on any atom is 0.338 e. The third-order valence-electron chi connectivity index (χ3n) is 4.16. The minimum Gasteiger partial charge on any atom is -0.462 e. The van der Waals surface area contributed by atoms with Crippen LogP contribution in [0.15, 0.2) is 48.5 Å². The highest BCUT2D eigenvalue weighted by Gasteiger charge is 2.09. The van der Waals surface area contributed by atoms with Gasteiger partial charge in [-0.2, -0.15) is 0 Å². The molecule has 2 aromatic rings. The molecule has 0 aliphatic heterocycles. The van der Waals surface area contributed by atoms with Gasteiger partial charge < -0.3 is 19.7 Å². The van der Waals surface area contributed by atoms with E-state index >= 15 is 0 Å². The number of rotatable bonds is 12. The third kappa shape index (κ3) is 9.70. The molecular formula is C23H26O6S3. The number of carbonyl (C=O) groups is 2. The van der Waals surface area contributed by atoms with E-state index in [1.165, 1.54) is 0 Å². The van der Waals surface area contributed by atoms with Crippen molar-refractivity contribution in [2.75, 3.05) is 26.4 Å². The second-order valence-corrected chi connectivity index (χ2v) is 9.80. The zero-order valence-corrected chi connectivity index (χ0v) is 20.0. The number of hydrogen-bond acceptors (Lipinski definition) is 9. The van der Waals surface area contributed by atoms with Crippen molar-refractivity contribution in [1.82, 2.24) is 0 Å². The van der Waals surface area contributed by atoms with Crippen molar-refractivity contribution in [2.24, 2.45) is 0 Å². The molecule has 9 heteroatoms. The van der Waals surface area contributed by atoms with E-state index in [9.17, 15) is 9.59 Å². The fourth-order valence-electron chi connectivity index (χ4n) is 2.43. The minimum absolute atomic E-state index is 0.00652. The number of aliphatic hydroxyl groups is 2. The lowest BCUT2D eigenvalue weighted by Gasteiger charge is -2.07. The summed E-state index contributed by atoms with van der Waals surface area (Å²) in [4.78, 5) is 23.7. The van der Waals surface area contributed by atoms with Gasteiger partial charge >= 0.3 is 11.9 Å². The predicted octanol–water partition coefficient (Wildman–Crippen LogP) is 4.22. The first-order chi connectivity index (χ1) is 15.5. The highest BCUT2D eigenvalue weighted by molar-refractivity contribution is 8.46. The molecule has 2 aromatic carbocycles. The standard InChI is InChI=1S/C23H26O6S3/c24-11-1-13-28-21(26)19-7-3-17(4-8-19)15-31-23(30)32-16-18-5-9-20(10-6-18)22(27)29-14-2-12-25/h3-10,24-25H,1-2,11-16H2. The molecule has 32 heavy (non-hydrogen) atoms. The summed E-state index contributed by atoms with van der Waals surface area (Å²) < 4.78 is 10.9. The van der Waals surface area contributed by atoms with Crippen LogP contribution in [0, 0.1) is 0 Å². The first-order valence-electron chi connectivity index (χ1n) is 10.1. The normalized spacial score (nSPS) is 10.6. The summed E-state index contributed by atoms with van der Waals surface area (Å²) in [6.07, 6.45) is 0.857. The molecule has 0 fully saturated rings. The average molecular weight is 495 g/mol. The lowest BCUT2D eigenvalue weighted by molar-refractivity contribution is 0.0472. The van der Waals surface area contributed by atoms with Crippen molar-refractivity contribution in [3.63, 3.8) is 0 Å². The predicted molar refractivity (Wildman–Crippen MR) is 132 cm³/mol. The van der Waals surface area contributed by atoms with Gasteiger partial charge in [0.05, 0.1) is 24.3 Å². The Labute approximate surface area is 201 Å². The van der Waals surface area contributed by atoms with Crippen LogP contribution in [0.2, 0.25) is 0 Å². The zero-order chi connectivity index (χ0) is 23.2. The van der Waals surface area contributed by atoms with Crippen LogP contribution in [0.25, 0.3) is 0 Å². The van der Waals surface area contributed by atoms with Crippen LogP contribution in [0.1, 0.15) is 44.7 Å². The molecule has 172 valence electrons. The number of hydrogen-bond donors (Lipinski definition) is 2. The van der Waals surface area contributed by atoms with Gasteiger partial charge in [0.1, 0.15) is 3.53 Å². The number of ether oxygens (including phenoxy) is 2. The first kappa shape index (κ1) is 26.3. The summed E-state index contributed by atoms with van der Waals surface area (Å²) in [6, 6.07) is 14.4. The number of aliphatic hydroxyl groups excluding tert-OH is 2. The molecule has 0 saturated heterocycles. The molecule has 0 spiro atoms. The summed E-state index contributed by atoms with van der Waals surface area (Å²) in [6.45, 7) is 0.395. The highest BCUT2D eigenvalue weighted by Crippen LogP contribution is 2.25. The van der Waals surface area contributed by atoms with E-state index in [4.69, 9.17) is 31.9 Å². The molecule has 0 aromatic heterocycles. The molecule has 0 radical (unpaired) electrons. The van der Waals surface area contributed by atoms with Gasteiger partial charge in [-0.3, -0.25) is 0 Å². The molecular weight excluding hydrogens is 468 g/mol. The summed E-state index contributed by atoms with van der Waals surface area (Å²) in [5, 5.41) is 17.5. The van der Waals surface area contributed by atoms with E-state index in [1.54, 1.807) is 47.8 Å². The van der Waals surface area contributed by atoms with Gasteiger partial charge in [0.2, 0.25) is 0 Å². The Morgan fingerprint density at radius 1 is 0.719 bits per heavy atom. The maximum absolute atomic E-state index is 11.9. The molecule has 0 aliphatic rings. The third-order valence-corrected chi connectivity index (χ3v) is 7.00. The molecule has 0 unspecified atom stereocenters. The monoisotopic (exact) mass is 494 g/mol. The topological polar surface area (TPSA) is 93.1 Å². The highest BCUT2D eigenvalue weighted by atomic mass is 32.2. The van der Waals surface area contributed by atoms with Crippen molar-refractivity contribution in [3.8, 4) is 0 Å². The Kier molecular flexibility index (Phi) is 12.4. The first-order valence-corrected chi connectivity index (χ1v) is 12.4. The lowest BCUT2D eigenvalue weighted by Crippen LogP contribution is -2.07. The van der Waals surface area contributed by atoms with Gasteiger partial charge in [-0.15, -0.1) is 23.5 Å². The van der Waals surface area contributed by atoms with Crippen LogP contribution in [0.4, 0.5) is 0 Å². The second kappa shape index (κ2) is 15.0. The Morgan fingerprint density at radius 2 is 1.09 bits per heavy atom. The van der Waals surface area contributed by atoms with Crippen LogP contribution >= 0.6 is 35.7 Å². The van der Waals surface area contributed by atoms with Crippen LogP contribution < -0.4 is 0 Å². The summed E-state index contributed by atoms with van der Waals surface area (Å²) in [5.74, 6) is 0.607. The summed E-state index contributed by atoms with van der Waals surface area (Å²) in [7, 11) is 0. The van der Waals surface area contributed by atoms with E-state index < -0.39 is 11.9 Å². The second-order valence-electron chi connectivity index (χ2n) is 6.65. The average Bonchev–Trinajstić information content (AvgIpc) is 2.82. The molecule has 6 nitrogen and oxygen atoms in total. The number of benzene rings is 2. The zero-order valence-electron chi connectivity index (χ0n) is 17.5. The minimum atomic E-state index is -0.395. The molecule has 0 atom stereocenters. The van der Waals surface area contributed by atoms with E-state index in [0.717, 1.165) is 14.7 Å². The van der Waals surface area contributed by atoms with Crippen molar-refractivity contribution in [1.29, 1.82) is 0 Å². The van der Waals surface area contributed by atoms with Crippen molar-refractivity contribution in [3.05, 3.63) is 70.8 Å². The van der Waals surface area contributed by atoms with Crippen molar-refractivity contribution < 1.29 is 29.3 Å². The Bertz CT molecular complexity index is 797. The van der Waals surface area contributed by atoms with Crippen LogP contribution in [0.5, 0.6) is 0 Å². The number of thiocarbonyl (C=S) groups is 1. The largest absolute Gasteiger partial charge is 0.462 e. The molecule has 2 N–H and O–H groups in total. The van der Waals surface area contributed by atoms with Gasteiger partial charge in [0.15, 0.2) is 0 Å². The van der Waals surface area contributed by atoms with Crippen molar-refractivity contribution >= 4 is 51.2 Å². The van der Waals surface area contributed by atoms with E-state index in [0.29, 0.717) is 35.5 Å². The SMILES string of the molecule is O=C(OCCCO)c1ccc(CSC(=S)SCc2ccc(C(=O)OCCCO)cc2)cc1. The number of carbonyl (C=O) groups excluding carboxylic acids is 2. The fraction of sp³-hybridized carbons (Fsp3) is 0.348. The molecule has 0 saturated carbocycles. The van der Waals surface area contributed by atoms with Gasteiger partial charge in [-0.1, -0.05) is 36.5 Å². The molecule has 2 rings (SSSR count). The summed E-state index contributed by atoms with van der Waals surface area (Å²) in [5.41, 5.74) is 3.06. The number of esters is 2. The number of thioether (sulfide) groups is 2. The van der Waals surface area contributed by atoms with Crippen LogP contribution in [-0.2, 0) is 21.0 Å². The smallest absolute Gasteiger partial charge is 0.338 e. The van der Waals surface area contributed by atoms with Gasteiger partial charge in [0.25, 0.3) is 0 Å². The Balaban J connectivity index is 1.72. The van der Waals surface area contributed by atoms with E-state index in [2.05, 4.69) is 0 Å². The van der Waals surface area contributed by atoms with Gasteiger partial charge in [-0.05, 0) is 35.4 Å². The Hall–Kier alpha value is -1.91.